The van der Waals surface area contributed by atoms with Gasteiger partial charge in [-0.15, -0.1) is 0 Å². The topological polar surface area (TPSA) is 69.6 Å². The lowest BCUT2D eigenvalue weighted by atomic mass is 9.99. The summed E-state index contributed by atoms with van der Waals surface area (Å²) in [5.41, 5.74) is 5.06. The average molecular weight is 377 g/mol. The number of aliphatic imine (C=N–C) groups is 1. The number of aryl methyl sites for hydroxylation is 3. The molecule has 0 spiro atoms. The number of allylic oxidation sites excluding steroid dienone is 2. The molecule has 6 nitrogen and oxygen atoms in total. The monoisotopic (exact) mass is 377 g/mol. The molecule has 0 radical (unpaired) electrons. The van der Waals surface area contributed by atoms with E-state index in [2.05, 4.69) is 16.2 Å². The van der Waals surface area contributed by atoms with Gasteiger partial charge in [0.25, 0.3) is 5.56 Å². The molecule has 0 N–H and O–H groups in total. The van der Waals surface area contributed by atoms with Crippen LogP contribution in [0.25, 0.3) is 22.0 Å². The van der Waals surface area contributed by atoms with Crippen LogP contribution >= 0.6 is 0 Å². The summed E-state index contributed by atoms with van der Waals surface area (Å²) in [5, 5.41) is 5.03. The van der Waals surface area contributed by atoms with Gasteiger partial charge in [0.15, 0.2) is 0 Å². The van der Waals surface area contributed by atoms with Crippen LogP contribution in [-0.4, -0.2) is 23.0 Å². The van der Waals surface area contributed by atoms with Crippen molar-refractivity contribution < 1.29 is 9.26 Å². The van der Waals surface area contributed by atoms with Crippen molar-refractivity contribution in [1.82, 2.24) is 9.72 Å². The third kappa shape index (κ3) is 3.05. The quantitative estimate of drug-likeness (QED) is 0.678. The molecule has 1 aliphatic rings. The van der Waals surface area contributed by atoms with Crippen molar-refractivity contribution in [2.24, 2.45) is 4.99 Å². The van der Waals surface area contributed by atoms with E-state index in [4.69, 9.17) is 9.26 Å². The molecular weight excluding hydrogens is 354 g/mol. The van der Waals surface area contributed by atoms with Gasteiger partial charge in [0.1, 0.15) is 11.5 Å². The predicted molar refractivity (Wildman–Crippen MR) is 110 cm³/mol. The van der Waals surface area contributed by atoms with Crippen molar-refractivity contribution in [3.8, 4) is 16.9 Å². The second-order valence-corrected chi connectivity index (χ2v) is 7.11. The lowest BCUT2D eigenvalue weighted by Gasteiger charge is -2.16. The lowest BCUT2D eigenvalue weighted by molar-refractivity contribution is 0.393. The first-order valence-corrected chi connectivity index (χ1v) is 9.36. The average Bonchev–Trinajstić information content (AvgIpc) is 3.03. The van der Waals surface area contributed by atoms with Gasteiger partial charge in [-0.3, -0.25) is 9.79 Å². The molecule has 3 heterocycles. The SMILES string of the molecule is COc1cc2c(cc1-c1c(C)noc1C)cc(C)c(=O)n2CC1=CCCC=N1. The first-order valence-electron chi connectivity index (χ1n) is 9.36. The van der Waals surface area contributed by atoms with E-state index in [9.17, 15) is 4.79 Å². The van der Waals surface area contributed by atoms with Crippen LogP contribution < -0.4 is 10.3 Å². The van der Waals surface area contributed by atoms with Gasteiger partial charge in [0.2, 0.25) is 0 Å². The number of methoxy groups -OCH3 is 1. The van der Waals surface area contributed by atoms with Gasteiger partial charge < -0.3 is 13.8 Å². The molecule has 0 atom stereocenters. The van der Waals surface area contributed by atoms with Crippen molar-refractivity contribution in [3.63, 3.8) is 0 Å². The molecule has 0 aliphatic carbocycles. The Morgan fingerprint density at radius 2 is 2.00 bits per heavy atom. The van der Waals surface area contributed by atoms with Gasteiger partial charge in [-0.1, -0.05) is 11.2 Å². The predicted octanol–water partition coefficient (Wildman–Crippen LogP) is 4.34. The Morgan fingerprint density at radius 1 is 1.18 bits per heavy atom. The summed E-state index contributed by atoms with van der Waals surface area (Å²) < 4.78 is 12.8. The van der Waals surface area contributed by atoms with E-state index in [-0.39, 0.29) is 5.56 Å². The molecule has 144 valence electrons. The van der Waals surface area contributed by atoms with Crippen molar-refractivity contribution in [3.05, 3.63) is 57.3 Å². The fraction of sp³-hybridized carbons (Fsp3) is 0.318. The summed E-state index contributed by atoms with van der Waals surface area (Å²) >= 11 is 0. The minimum atomic E-state index is -0.0127. The van der Waals surface area contributed by atoms with E-state index in [0.717, 1.165) is 52.0 Å². The molecular formula is C22H23N3O3. The Morgan fingerprint density at radius 3 is 2.64 bits per heavy atom. The zero-order valence-corrected chi connectivity index (χ0v) is 16.6. The van der Waals surface area contributed by atoms with Gasteiger partial charge in [0, 0.05) is 23.4 Å². The Labute approximate surface area is 163 Å². The van der Waals surface area contributed by atoms with Crippen LogP contribution in [0.3, 0.4) is 0 Å². The number of hydrogen-bond acceptors (Lipinski definition) is 5. The van der Waals surface area contributed by atoms with Crippen molar-refractivity contribution in [2.75, 3.05) is 7.11 Å². The van der Waals surface area contributed by atoms with E-state index in [1.165, 1.54) is 0 Å². The summed E-state index contributed by atoms with van der Waals surface area (Å²) in [6.45, 7) is 6.09. The number of rotatable bonds is 4. The molecule has 2 aromatic heterocycles. The molecule has 0 fully saturated rings. The number of nitrogens with zero attached hydrogens (tertiary/aromatic N) is 3. The van der Waals surface area contributed by atoms with Crippen LogP contribution in [0.2, 0.25) is 0 Å². The molecule has 0 amide bonds. The van der Waals surface area contributed by atoms with E-state index in [1.54, 1.807) is 11.7 Å². The standard InChI is InChI=1S/C22H23N3O3/c1-13-9-16-10-18(21-14(2)24-28-15(21)3)20(27-4)11-19(16)25(22(13)26)12-17-7-5-6-8-23-17/h7-11H,5-6,12H2,1-4H3. The van der Waals surface area contributed by atoms with Gasteiger partial charge in [-0.05, 0) is 51.1 Å². The van der Waals surface area contributed by atoms with Gasteiger partial charge in [-0.2, -0.15) is 0 Å². The number of pyridine rings is 1. The molecule has 3 aromatic rings. The van der Waals surface area contributed by atoms with E-state index in [1.807, 2.05) is 45.2 Å². The maximum Gasteiger partial charge on any atom is 0.254 e. The van der Waals surface area contributed by atoms with Crippen LogP contribution in [0, 0.1) is 20.8 Å². The number of aromatic nitrogens is 2. The molecule has 28 heavy (non-hydrogen) atoms. The van der Waals surface area contributed by atoms with Crippen LogP contribution in [0.4, 0.5) is 0 Å². The van der Waals surface area contributed by atoms with Gasteiger partial charge in [-0.25, -0.2) is 0 Å². The maximum absolute atomic E-state index is 12.9. The fourth-order valence-electron chi connectivity index (χ4n) is 3.77. The Bertz CT molecular complexity index is 1160. The van der Waals surface area contributed by atoms with Crippen LogP contribution in [0.1, 0.15) is 29.9 Å². The zero-order chi connectivity index (χ0) is 19.8. The normalized spacial score (nSPS) is 13.8. The summed E-state index contributed by atoms with van der Waals surface area (Å²) in [4.78, 5) is 17.3. The van der Waals surface area contributed by atoms with E-state index in [0.29, 0.717) is 17.9 Å². The minimum absolute atomic E-state index is 0.0127. The number of ether oxygens (including phenoxy) is 1. The third-order valence-corrected chi connectivity index (χ3v) is 5.15. The van der Waals surface area contributed by atoms with E-state index >= 15 is 0 Å². The summed E-state index contributed by atoms with van der Waals surface area (Å²) in [5.74, 6) is 1.42. The molecule has 6 heteroatoms. The zero-order valence-electron chi connectivity index (χ0n) is 16.6. The smallest absolute Gasteiger partial charge is 0.254 e. The molecule has 1 aliphatic heterocycles. The summed E-state index contributed by atoms with van der Waals surface area (Å²) in [6.07, 6.45) is 5.91. The molecule has 0 bridgehead atoms. The fourth-order valence-corrected chi connectivity index (χ4v) is 3.77. The first kappa shape index (κ1) is 18.2. The molecule has 0 saturated heterocycles. The molecule has 1 aromatic carbocycles. The molecule has 0 saturated carbocycles. The Kier molecular flexibility index (Phi) is 4.63. The van der Waals surface area contributed by atoms with E-state index < -0.39 is 0 Å². The highest BCUT2D eigenvalue weighted by molar-refractivity contribution is 5.90. The Hall–Kier alpha value is -3.15. The number of benzene rings is 1. The highest BCUT2D eigenvalue weighted by Gasteiger charge is 2.19. The van der Waals surface area contributed by atoms with Crippen LogP contribution in [0.5, 0.6) is 5.75 Å². The Balaban J connectivity index is 1.96. The lowest BCUT2D eigenvalue weighted by Crippen LogP contribution is -2.23. The van der Waals surface area contributed by atoms with Crippen LogP contribution in [-0.2, 0) is 6.54 Å². The van der Waals surface area contributed by atoms with Gasteiger partial charge in [0.05, 0.1) is 36.1 Å². The molecule has 0 unspecified atom stereocenters. The minimum Gasteiger partial charge on any atom is -0.496 e. The maximum atomic E-state index is 12.9. The summed E-state index contributed by atoms with van der Waals surface area (Å²) in [7, 11) is 1.63. The van der Waals surface area contributed by atoms with Gasteiger partial charge >= 0.3 is 0 Å². The second kappa shape index (κ2) is 7.11. The molecule has 4 rings (SSSR count). The van der Waals surface area contributed by atoms with Crippen LogP contribution in [0.15, 0.2) is 44.3 Å². The van der Waals surface area contributed by atoms with Crippen molar-refractivity contribution in [2.45, 2.75) is 40.2 Å². The number of hydrogen-bond donors (Lipinski definition) is 0. The highest BCUT2D eigenvalue weighted by atomic mass is 16.5. The summed E-state index contributed by atoms with van der Waals surface area (Å²) in [6, 6.07) is 5.89. The highest BCUT2D eigenvalue weighted by Crippen LogP contribution is 2.37. The second-order valence-electron chi connectivity index (χ2n) is 7.11. The third-order valence-electron chi connectivity index (χ3n) is 5.15. The van der Waals surface area contributed by atoms with Crippen molar-refractivity contribution >= 4 is 17.1 Å². The largest absolute Gasteiger partial charge is 0.496 e. The van der Waals surface area contributed by atoms with Crippen molar-refractivity contribution in [1.29, 1.82) is 0 Å². The first-order chi connectivity index (χ1) is 13.5. The number of fused-ring (bicyclic) bond motifs is 1.